The molecule has 8 heteroatoms. The molecule has 0 spiro atoms. The van der Waals surface area contributed by atoms with Crippen LogP contribution in [0.5, 0.6) is 11.5 Å². The van der Waals surface area contributed by atoms with Crippen molar-refractivity contribution in [2.24, 2.45) is 10.6 Å². The third-order valence-corrected chi connectivity index (χ3v) is 6.33. The third kappa shape index (κ3) is 5.16. The summed E-state index contributed by atoms with van der Waals surface area (Å²) in [5, 5.41) is 6.92. The van der Waals surface area contributed by atoms with Gasteiger partial charge in [0.05, 0.1) is 38.0 Å². The molecule has 1 aliphatic carbocycles. The lowest BCUT2D eigenvalue weighted by Crippen LogP contribution is -2.50. The van der Waals surface area contributed by atoms with E-state index in [0.717, 1.165) is 23.1 Å². The molecule has 1 fully saturated rings. The van der Waals surface area contributed by atoms with Gasteiger partial charge in [0.25, 0.3) is 0 Å². The highest BCUT2D eigenvalue weighted by molar-refractivity contribution is 6.10. The predicted molar refractivity (Wildman–Crippen MR) is 129 cm³/mol. The molecule has 1 N–H and O–H groups in total. The number of hydrogen-bond donors (Lipinski definition) is 1. The van der Waals surface area contributed by atoms with Crippen molar-refractivity contribution in [1.82, 2.24) is 5.32 Å². The molecule has 8 nitrogen and oxygen atoms in total. The summed E-state index contributed by atoms with van der Waals surface area (Å²) in [5.41, 5.74) is 2.50. The fraction of sp³-hybridized carbons (Fsp3) is 0.423. The summed E-state index contributed by atoms with van der Waals surface area (Å²) in [6.45, 7) is 1.83. The van der Waals surface area contributed by atoms with Crippen LogP contribution < -0.4 is 14.8 Å². The summed E-state index contributed by atoms with van der Waals surface area (Å²) < 4.78 is 16.0. The van der Waals surface area contributed by atoms with E-state index in [2.05, 4.69) is 10.5 Å². The van der Waals surface area contributed by atoms with Crippen molar-refractivity contribution in [2.45, 2.75) is 38.6 Å². The number of carbonyl (C=O) groups is 2. The molecule has 1 aliphatic rings. The lowest BCUT2D eigenvalue weighted by atomic mass is 9.85. The van der Waals surface area contributed by atoms with Crippen molar-refractivity contribution >= 4 is 17.6 Å². The Morgan fingerprint density at radius 1 is 1.03 bits per heavy atom. The van der Waals surface area contributed by atoms with E-state index in [-0.39, 0.29) is 12.3 Å². The number of hydrogen-bond acceptors (Lipinski definition) is 7. The van der Waals surface area contributed by atoms with Crippen molar-refractivity contribution in [3.8, 4) is 22.6 Å². The van der Waals surface area contributed by atoms with Gasteiger partial charge in [-0.1, -0.05) is 35.5 Å². The van der Waals surface area contributed by atoms with Crippen LogP contribution in [0.3, 0.4) is 0 Å². The molecule has 0 radical (unpaired) electrons. The first kappa shape index (κ1) is 25.1. The van der Waals surface area contributed by atoms with Crippen LogP contribution in [-0.2, 0) is 25.6 Å². The molecule has 2 atom stereocenters. The Labute approximate surface area is 200 Å². The van der Waals surface area contributed by atoms with Crippen molar-refractivity contribution in [3.63, 3.8) is 0 Å². The van der Waals surface area contributed by atoms with Crippen molar-refractivity contribution in [2.75, 3.05) is 28.4 Å². The molecular weight excluding hydrogens is 436 g/mol. The maximum atomic E-state index is 13.2. The van der Waals surface area contributed by atoms with E-state index in [1.165, 1.54) is 14.2 Å². The molecule has 34 heavy (non-hydrogen) atoms. The van der Waals surface area contributed by atoms with Gasteiger partial charge in [-0.2, -0.15) is 0 Å². The van der Waals surface area contributed by atoms with Crippen LogP contribution in [0.25, 0.3) is 11.1 Å². The second kappa shape index (κ2) is 11.0. The van der Waals surface area contributed by atoms with E-state index >= 15 is 0 Å². The van der Waals surface area contributed by atoms with E-state index in [0.29, 0.717) is 30.1 Å². The molecule has 2 aromatic rings. The number of ether oxygens (including phenoxy) is 3. The first-order valence-corrected chi connectivity index (χ1v) is 11.2. The highest BCUT2D eigenvalue weighted by atomic mass is 16.6. The Morgan fingerprint density at radius 3 is 2.24 bits per heavy atom. The number of nitrogens with one attached hydrogen (secondary N) is 1. The number of carbonyl (C=O) groups excluding carboxylic acids is 2. The highest BCUT2D eigenvalue weighted by Crippen LogP contribution is 2.38. The average Bonchev–Trinajstić information content (AvgIpc) is 3.24. The second-order valence-electron chi connectivity index (χ2n) is 8.39. The van der Waals surface area contributed by atoms with Crippen LogP contribution in [0.4, 0.5) is 0 Å². The average molecular weight is 469 g/mol. The number of oxime groups is 1. The molecule has 1 amide bonds. The number of rotatable bonds is 9. The van der Waals surface area contributed by atoms with Gasteiger partial charge in [0, 0.05) is 6.42 Å². The van der Waals surface area contributed by atoms with Gasteiger partial charge >= 0.3 is 5.97 Å². The monoisotopic (exact) mass is 468 g/mol. The normalized spacial score (nSPS) is 19.4. The Morgan fingerprint density at radius 2 is 1.68 bits per heavy atom. The summed E-state index contributed by atoms with van der Waals surface area (Å²) in [7, 11) is 6.01. The van der Waals surface area contributed by atoms with E-state index in [1.54, 1.807) is 14.2 Å². The molecule has 0 heterocycles. The lowest BCUT2D eigenvalue weighted by molar-refractivity contribution is -0.145. The number of nitrogens with zero attached hydrogens (tertiary/aromatic N) is 1. The summed E-state index contributed by atoms with van der Waals surface area (Å²) in [4.78, 5) is 30.6. The Balaban J connectivity index is 1.81. The zero-order valence-electron chi connectivity index (χ0n) is 20.3. The Kier molecular flexibility index (Phi) is 8.15. The molecule has 1 unspecified atom stereocenters. The standard InChI is InChI=1S/C26H32N2O6/c1-26(15-7-10-22(26)28-34-5)25(30)27-19(24(29)33-4)16-17-11-13-18(14-12-17)23-20(31-2)8-6-9-21(23)32-3/h6,8-9,11-14,19H,7,10,15-16H2,1-5H3,(H,27,30)/t19-,26?/m0/s1. The minimum Gasteiger partial charge on any atom is -0.496 e. The molecule has 3 rings (SSSR count). The predicted octanol–water partition coefficient (Wildman–Crippen LogP) is 3.76. The van der Waals surface area contributed by atoms with E-state index in [1.807, 2.05) is 49.4 Å². The molecule has 2 aromatic carbocycles. The van der Waals surface area contributed by atoms with Crippen LogP contribution in [0, 0.1) is 5.41 Å². The molecule has 0 bridgehead atoms. The van der Waals surface area contributed by atoms with Gasteiger partial charge in [-0.25, -0.2) is 4.79 Å². The number of methoxy groups -OCH3 is 3. The summed E-state index contributed by atoms with van der Waals surface area (Å²) >= 11 is 0. The van der Waals surface area contributed by atoms with Gasteiger partial charge in [-0.05, 0) is 49.4 Å². The second-order valence-corrected chi connectivity index (χ2v) is 8.39. The molecule has 0 aromatic heterocycles. The van der Waals surface area contributed by atoms with Gasteiger partial charge in [0.15, 0.2) is 0 Å². The number of benzene rings is 2. The van der Waals surface area contributed by atoms with Crippen molar-refractivity contribution in [3.05, 3.63) is 48.0 Å². The summed E-state index contributed by atoms with van der Waals surface area (Å²) in [6, 6.07) is 12.5. The van der Waals surface area contributed by atoms with Gasteiger partial charge < -0.3 is 24.4 Å². The minimum absolute atomic E-state index is 0.258. The fourth-order valence-electron chi connectivity index (χ4n) is 4.36. The van der Waals surface area contributed by atoms with Crippen LogP contribution in [0.2, 0.25) is 0 Å². The molecular formula is C26H32N2O6. The van der Waals surface area contributed by atoms with Crippen LogP contribution in [0.15, 0.2) is 47.6 Å². The molecule has 0 aliphatic heterocycles. The zero-order chi connectivity index (χ0) is 24.7. The first-order chi connectivity index (χ1) is 16.4. The Bertz CT molecular complexity index is 1030. The van der Waals surface area contributed by atoms with E-state index in [4.69, 9.17) is 19.0 Å². The topological polar surface area (TPSA) is 95.5 Å². The third-order valence-electron chi connectivity index (χ3n) is 6.33. The first-order valence-electron chi connectivity index (χ1n) is 11.2. The molecule has 1 saturated carbocycles. The number of esters is 1. The largest absolute Gasteiger partial charge is 0.496 e. The maximum Gasteiger partial charge on any atom is 0.328 e. The smallest absolute Gasteiger partial charge is 0.328 e. The van der Waals surface area contributed by atoms with Crippen LogP contribution >= 0.6 is 0 Å². The van der Waals surface area contributed by atoms with Gasteiger partial charge in [0.1, 0.15) is 24.7 Å². The molecule has 182 valence electrons. The van der Waals surface area contributed by atoms with Crippen molar-refractivity contribution < 1.29 is 28.6 Å². The minimum atomic E-state index is -0.828. The zero-order valence-corrected chi connectivity index (χ0v) is 20.3. The SMILES string of the molecule is CON=C1CCCC1(C)C(=O)N[C@@H](Cc1ccc(-c2c(OC)cccc2OC)cc1)C(=O)OC. The van der Waals surface area contributed by atoms with E-state index < -0.39 is 17.4 Å². The quantitative estimate of drug-likeness (QED) is 0.445. The van der Waals surface area contributed by atoms with Gasteiger partial charge in [-0.3, -0.25) is 4.79 Å². The number of amides is 1. The van der Waals surface area contributed by atoms with Gasteiger partial charge in [0.2, 0.25) is 5.91 Å². The van der Waals surface area contributed by atoms with Crippen LogP contribution in [0.1, 0.15) is 31.7 Å². The van der Waals surface area contributed by atoms with Gasteiger partial charge in [-0.15, -0.1) is 0 Å². The lowest BCUT2D eigenvalue weighted by Gasteiger charge is -2.26. The fourth-order valence-corrected chi connectivity index (χ4v) is 4.36. The van der Waals surface area contributed by atoms with E-state index in [9.17, 15) is 9.59 Å². The summed E-state index contributed by atoms with van der Waals surface area (Å²) in [5.74, 6) is 0.637. The Hall–Kier alpha value is -3.55. The summed E-state index contributed by atoms with van der Waals surface area (Å²) in [6.07, 6.45) is 2.45. The van der Waals surface area contributed by atoms with Crippen LogP contribution in [-0.4, -0.2) is 52.1 Å². The highest BCUT2D eigenvalue weighted by Gasteiger charge is 2.44. The molecule has 0 saturated heterocycles. The maximum absolute atomic E-state index is 13.2. The van der Waals surface area contributed by atoms with Crippen molar-refractivity contribution in [1.29, 1.82) is 0 Å².